The molecule has 2 N–H and O–H groups in total. The van der Waals surface area contributed by atoms with Crippen molar-refractivity contribution in [3.63, 3.8) is 0 Å². The molecule has 2 heterocycles. The van der Waals surface area contributed by atoms with E-state index in [1.54, 1.807) is 43.3 Å². The Labute approximate surface area is 131 Å². The van der Waals surface area contributed by atoms with Gasteiger partial charge in [0.05, 0.1) is 11.8 Å². The van der Waals surface area contributed by atoms with E-state index in [9.17, 15) is 9.18 Å². The smallest absolute Gasteiger partial charge is 0.291 e. The summed E-state index contributed by atoms with van der Waals surface area (Å²) in [5.74, 6) is -0.0282. The maximum absolute atomic E-state index is 13.7. The third-order valence-corrected chi connectivity index (χ3v) is 3.06. The molecule has 0 saturated carbocycles. The van der Waals surface area contributed by atoms with Gasteiger partial charge in [-0.25, -0.2) is 9.82 Å². The van der Waals surface area contributed by atoms with E-state index in [-0.39, 0.29) is 11.5 Å². The van der Waals surface area contributed by atoms with Crippen molar-refractivity contribution in [1.82, 2.24) is 15.6 Å². The number of hydrogen-bond acceptors (Lipinski definition) is 4. The third kappa shape index (κ3) is 3.34. The van der Waals surface area contributed by atoms with Crippen LogP contribution >= 0.6 is 0 Å². The van der Waals surface area contributed by atoms with Crippen molar-refractivity contribution in [2.75, 3.05) is 0 Å². The van der Waals surface area contributed by atoms with Gasteiger partial charge in [0, 0.05) is 5.69 Å². The monoisotopic (exact) mass is 312 g/mol. The standard InChI is InChI=1S/C16H13FN4O2/c1-10-8-14(20-19-10)16(22)21-18-9-11-6-7-15(23-11)12-4-2-3-5-13(12)17/h2-9H,1H3,(H,19,20)(H,21,22)/b18-9+. The van der Waals surface area contributed by atoms with Gasteiger partial charge in [-0.1, -0.05) is 12.1 Å². The summed E-state index contributed by atoms with van der Waals surface area (Å²) in [7, 11) is 0. The number of carbonyl (C=O) groups excluding carboxylic acids is 1. The van der Waals surface area contributed by atoms with Crippen molar-refractivity contribution in [2.24, 2.45) is 5.10 Å². The number of hydrazone groups is 1. The Kier molecular flexibility index (Phi) is 4.01. The van der Waals surface area contributed by atoms with Crippen molar-refractivity contribution in [1.29, 1.82) is 0 Å². The fourth-order valence-electron chi connectivity index (χ4n) is 1.97. The van der Waals surface area contributed by atoms with Gasteiger partial charge in [-0.2, -0.15) is 10.2 Å². The largest absolute Gasteiger partial charge is 0.455 e. The predicted octanol–water partition coefficient (Wildman–Crippen LogP) is 2.88. The van der Waals surface area contributed by atoms with Crippen molar-refractivity contribution in [3.05, 3.63) is 65.4 Å². The lowest BCUT2D eigenvalue weighted by atomic mass is 10.1. The van der Waals surface area contributed by atoms with Crippen molar-refractivity contribution in [2.45, 2.75) is 6.92 Å². The highest BCUT2D eigenvalue weighted by atomic mass is 19.1. The van der Waals surface area contributed by atoms with E-state index in [2.05, 4.69) is 20.7 Å². The second kappa shape index (κ2) is 6.27. The van der Waals surface area contributed by atoms with E-state index in [4.69, 9.17) is 4.42 Å². The molecule has 7 heteroatoms. The van der Waals surface area contributed by atoms with Gasteiger partial charge in [-0.15, -0.1) is 0 Å². The molecule has 0 fully saturated rings. The Morgan fingerprint density at radius 3 is 2.91 bits per heavy atom. The Bertz CT molecular complexity index is 866. The minimum absolute atomic E-state index is 0.242. The van der Waals surface area contributed by atoms with Crippen LogP contribution in [0.4, 0.5) is 4.39 Å². The molecule has 116 valence electrons. The average molecular weight is 312 g/mol. The molecule has 0 saturated heterocycles. The fourth-order valence-corrected chi connectivity index (χ4v) is 1.97. The van der Waals surface area contributed by atoms with E-state index < -0.39 is 5.91 Å². The zero-order valence-corrected chi connectivity index (χ0v) is 12.2. The number of amides is 1. The normalized spacial score (nSPS) is 11.0. The number of aryl methyl sites for hydroxylation is 1. The quantitative estimate of drug-likeness (QED) is 0.574. The van der Waals surface area contributed by atoms with Crippen LogP contribution in [-0.2, 0) is 0 Å². The van der Waals surface area contributed by atoms with Gasteiger partial charge in [0.1, 0.15) is 17.3 Å². The second-order valence-corrected chi connectivity index (χ2v) is 4.82. The molecule has 0 aliphatic rings. The lowest BCUT2D eigenvalue weighted by Crippen LogP contribution is -2.17. The minimum atomic E-state index is -0.438. The van der Waals surface area contributed by atoms with Crippen LogP contribution in [0.25, 0.3) is 11.3 Å². The molecule has 0 bridgehead atoms. The average Bonchev–Trinajstić information content (AvgIpc) is 3.17. The minimum Gasteiger partial charge on any atom is -0.455 e. The van der Waals surface area contributed by atoms with Gasteiger partial charge in [-0.05, 0) is 37.3 Å². The van der Waals surface area contributed by atoms with Gasteiger partial charge in [-0.3, -0.25) is 9.89 Å². The van der Waals surface area contributed by atoms with Crippen molar-refractivity contribution in [3.8, 4) is 11.3 Å². The molecular weight excluding hydrogens is 299 g/mol. The Balaban J connectivity index is 1.67. The molecular formula is C16H13FN4O2. The third-order valence-electron chi connectivity index (χ3n) is 3.06. The van der Waals surface area contributed by atoms with Gasteiger partial charge < -0.3 is 4.42 Å². The summed E-state index contributed by atoms with van der Waals surface area (Å²) in [4.78, 5) is 11.7. The number of aromatic amines is 1. The summed E-state index contributed by atoms with van der Waals surface area (Å²) < 4.78 is 19.2. The number of halogens is 1. The fraction of sp³-hybridized carbons (Fsp3) is 0.0625. The number of nitrogens with zero attached hydrogens (tertiary/aromatic N) is 2. The van der Waals surface area contributed by atoms with E-state index in [0.717, 1.165) is 5.69 Å². The van der Waals surface area contributed by atoms with E-state index in [1.165, 1.54) is 12.3 Å². The highest BCUT2D eigenvalue weighted by molar-refractivity contribution is 5.93. The Morgan fingerprint density at radius 2 is 2.17 bits per heavy atom. The van der Waals surface area contributed by atoms with Crippen LogP contribution < -0.4 is 5.43 Å². The second-order valence-electron chi connectivity index (χ2n) is 4.82. The van der Waals surface area contributed by atoms with Gasteiger partial charge in [0.25, 0.3) is 5.91 Å². The van der Waals surface area contributed by atoms with Crippen molar-refractivity contribution < 1.29 is 13.6 Å². The summed E-state index contributed by atoms with van der Waals surface area (Å²) in [6.07, 6.45) is 1.34. The molecule has 1 amide bonds. The molecule has 0 radical (unpaired) electrons. The predicted molar refractivity (Wildman–Crippen MR) is 82.5 cm³/mol. The summed E-state index contributed by atoms with van der Waals surface area (Å²) in [5, 5.41) is 10.3. The molecule has 2 aromatic heterocycles. The highest BCUT2D eigenvalue weighted by Gasteiger charge is 2.09. The van der Waals surface area contributed by atoms with Crippen LogP contribution in [0.2, 0.25) is 0 Å². The summed E-state index contributed by atoms with van der Waals surface area (Å²) in [6, 6.07) is 11.2. The number of carbonyl (C=O) groups is 1. The molecule has 0 unspecified atom stereocenters. The van der Waals surface area contributed by atoms with Crippen LogP contribution in [0.1, 0.15) is 21.9 Å². The number of benzene rings is 1. The van der Waals surface area contributed by atoms with Gasteiger partial charge >= 0.3 is 0 Å². The number of furan rings is 1. The van der Waals surface area contributed by atoms with Crippen LogP contribution in [0, 0.1) is 12.7 Å². The summed E-state index contributed by atoms with van der Waals surface area (Å²) >= 11 is 0. The first-order valence-electron chi connectivity index (χ1n) is 6.83. The summed E-state index contributed by atoms with van der Waals surface area (Å²) in [5.41, 5.74) is 3.72. The molecule has 0 atom stereocenters. The SMILES string of the molecule is Cc1cc(C(=O)N/N=C/c2ccc(-c3ccccc3F)o2)n[nH]1. The number of aromatic nitrogens is 2. The number of nitrogens with one attached hydrogen (secondary N) is 2. The number of rotatable bonds is 4. The summed E-state index contributed by atoms with van der Waals surface area (Å²) in [6.45, 7) is 1.79. The Morgan fingerprint density at radius 1 is 1.35 bits per heavy atom. The first-order chi connectivity index (χ1) is 11.1. The van der Waals surface area contributed by atoms with E-state index in [1.807, 2.05) is 0 Å². The maximum Gasteiger partial charge on any atom is 0.291 e. The lowest BCUT2D eigenvalue weighted by Gasteiger charge is -1.97. The van der Waals surface area contributed by atoms with Crippen LogP contribution in [0.15, 0.2) is 52.0 Å². The maximum atomic E-state index is 13.7. The molecule has 23 heavy (non-hydrogen) atoms. The van der Waals surface area contributed by atoms with E-state index >= 15 is 0 Å². The van der Waals surface area contributed by atoms with Gasteiger partial charge in [0.15, 0.2) is 5.69 Å². The molecule has 3 rings (SSSR count). The number of hydrogen-bond donors (Lipinski definition) is 2. The molecule has 0 aliphatic carbocycles. The molecule has 3 aromatic rings. The van der Waals surface area contributed by atoms with Crippen molar-refractivity contribution >= 4 is 12.1 Å². The molecule has 6 nitrogen and oxygen atoms in total. The van der Waals surface area contributed by atoms with Crippen LogP contribution in [0.3, 0.4) is 0 Å². The first kappa shape index (κ1) is 14.7. The van der Waals surface area contributed by atoms with Gasteiger partial charge in [0.2, 0.25) is 0 Å². The highest BCUT2D eigenvalue weighted by Crippen LogP contribution is 2.24. The molecule has 1 aromatic carbocycles. The zero-order valence-electron chi connectivity index (χ0n) is 12.2. The zero-order chi connectivity index (χ0) is 16.2. The Hall–Kier alpha value is -3.22. The number of H-pyrrole nitrogens is 1. The molecule has 0 spiro atoms. The topological polar surface area (TPSA) is 83.3 Å². The lowest BCUT2D eigenvalue weighted by molar-refractivity contribution is 0.0950. The van der Waals surface area contributed by atoms with E-state index in [0.29, 0.717) is 17.1 Å². The van der Waals surface area contributed by atoms with Crippen LogP contribution in [-0.4, -0.2) is 22.3 Å². The first-order valence-corrected chi connectivity index (χ1v) is 6.83. The van der Waals surface area contributed by atoms with Crippen LogP contribution in [0.5, 0.6) is 0 Å². The molecule has 0 aliphatic heterocycles.